The predicted molar refractivity (Wildman–Crippen MR) is 82.8 cm³/mol. The number of thioether (sulfide) groups is 1. The van der Waals surface area contributed by atoms with Gasteiger partial charge in [0.2, 0.25) is 0 Å². The van der Waals surface area contributed by atoms with E-state index in [0.717, 1.165) is 49.8 Å². The molecule has 1 aromatic heterocycles. The largest absolute Gasteiger partial charge is 0.459 e. The van der Waals surface area contributed by atoms with Gasteiger partial charge in [-0.3, -0.25) is 9.69 Å². The lowest BCUT2D eigenvalue weighted by Crippen LogP contribution is -2.59. The van der Waals surface area contributed by atoms with Crippen LogP contribution in [0.5, 0.6) is 0 Å². The molecule has 2 aliphatic rings. The molecule has 6 heteroatoms. The summed E-state index contributed by atoms with van der Waals surface area (Å²) in [6.07, 6.45) is 2.68. The second-order valence-corrected chi connectivity index (χ2v) is 6.85. The summed E-state index contributed by atoms with van der Waals surface area (Å²) in [6, 6.07) is 1.82. The third kappa shape index (κ3) is 3.12. The topological polar surface area (TPSA) is 54.7 Å². The molecule has 2 saturated heterocycles. The number of hydrogen-bond acceptors (Lipinski definition) is 5. The Balaban J connectivity index is 1.65. The van der Waals surface area contributed by atoms with Crippen LogP contribution in [-0.4, -0.2) is 60.7 Å². The molecule has 0 unspecified atom stereocenters. The van der Waals surface area contributed by atoms with E-state index in [-0.39, 0.29) is 11.4 Å². The zero-order valence-corrected chi connectivity index (χ0v) is 13.2. The number of morpholine rings is 1. The highest BCUT2D eigenvalue weighted by molar-refractivity contribution is 7.99. The van der Waals surface area contributed by atoms with Crippen molar-refractivity contribution < 1.29 is 13.9 Å². The van der Waals surface area contributed by atoms with Gasteiger partial charge in [-0.2, -0.15) is 11.8 Å². The smallest absolute Gasteiger partial charge is 0.287 e. The van der Waals surface area contributed by atoms with Crippen molar-refractivity contribution >= 4 is 17.7 Å². The maximum atomic E-state index is 12.3. The normalized spacial score (nSPS) is 26.9. The summed E-state index contributed by atoms with van der Waals surface area (Å²) >= 11 is 1.97. The molecule has 3 rings (SSSR count). The molecule has 0 aliphatic carbocycles. The van der Waals surface area contributed by atoms with E-state index in [1.165, 1.54) is 0 Å². The highest BCUT2D eigenvalue weighted by Crippen LogP contribution is 2.33. The van der Waals surface area contributed by atoms with Crippen LogP contribution < -0.4 is 5.32 Å². The number of carbonyl (C=O) groups is 1. The predicted octanol–water partition coefficient (Wildman–Crippen LogP) is 1.53. The first-order valence-electron chi connectivity index (χ1n) is 7.44. The second-order valence-electron chi connectivity index (χ2n) is 5.74. The monoisotopic (exact) mass is 310 g/mol. The molecular formula is C15H22N2O3S. The first-order valence-corrected chi connectivity index (χ1v) is 8.60. The third-order valence-corrected chi connectivity index (χ3v) is 5.64. The molecule has 1 N–H and O–H groups in total. The number of amides is 1. The van der Waals surface area contributed by atoms with Gasteiger partial charge in [-0.15, -0.1) is 0 Å². The molecule has 2 aliphatic heterocycles. The minimum absolute atomic E-state index is 0.0740. The van der Waals surface area contributed by atoms with Gasteiger partial charge in [0.15, 0.2) is 5.76 Å². The maximum absolute atomic E-state index is 12.3. The fourth-order valence-electron chi connectivity index (χ4n) is 3.07. The van der Waals surface area contributed by atoms with Crippen LogP contribution >= 0.6 is 11.8 Å². The Morgan fingerprint density at radius 1 is 1.48 bits per heavy atom. The van der Waals surface area contributed by atoms with Crippen molar-refractivity contribution in [2.45, 2.75) is 18.9 Å². The standard InChI is InChI=1S/C15H22N2O3S/c1-12-2-6-20-13(12)14(18)16-10-15(3-9-21-11-15)17-4-7-19-8-5-17/h2,6H,3-5,7-11H2,1H3,(H,16,18)/t15-/m1/s1. The lowest BCUT2D eigenvalue weighted by atomic mass is 9.95. The van der Waals surface area contributed by atoms with Crippen LogP contribution in [-0.2, 0) is 4.74 Å². The number of carbonyl (C=O) groups excluding carboxylic acids is 1. The summed E-state index contributed by atoms with van der Waals surface area (Å²) in [5.74, 6) is 2.55. The average Bonchev–Trinajstić information content (AvgIpc) is 3.15. The van der Waals surface area contributed by atoms with Crippen LogP contribution in [0.25, 0.3) is 0 Å². The van der Waals surface area contributed by atoms with Gasteiger partial charge in [-0.05, 0) is 25.2 Å². The van der Waals surface area contributed by atoms with Crippen LogP contribution in [0.15, 0.2) is 16.7 Å². The summed E-state index contributed by atoms with van der Waals surface area (Å²) in [7, 11) is 0. The number of aryl methyl sites for hydroxylation is 1. The molecule has 0 aromatic carbocycles. The van der Waals surface area contributed by atoms with Crippen molar-refractivity contribution in [3.8, 4) is 0 Å². The molecule has 1 aromatic rings. The van der Waals surface area contributed by atoms with E-state index in [9.17, 15) is 4.79 Å². The van der Waals surface area contributed by atoms with Crippen LogP contribution in [0, 0.1) is 6.92 Å². The van der Waals surface area contributed by atoms with Gasteiger partial charge >= 0.3 is 0 Å². The van der Waals surface area contributed by atoms with Crippen LogP contribution in [0.3, 0.4) is 0 Å². The van der Waals surface area contributed by atoms with E-state index in [2.05, 4.69) is 10.2 Å². The zero-order valence-electron chi connectivity index (χ0n) is 12.4. The molecule has 0 spiro atoms. The van der Waals surface area contributed by atoms with E-state index in [1.54, 1.807) is 6.26 Å². The van der Waals surface area contributed by atoms with Crippen molar-refractivity contribution in [1.82, 2.24) is 10.2 Å². The SMILES string of the molecule is Cc1ccoc1C(=O)NC[C@]1(N2CCOCC2)CCSC1. The molecular weight excluding hydrogens is 288 g/mol. The molecule has 1 amide bonds. The first kappa shape index (κ1) is 14.9. The Hall–Kier alpha value is -0.980. The number of rotatable bonds is 4. The molecule has 0 saturated carbocycles. The van der Waals surface area contributed by atoms with E-state index in [4.69, 9.17) is 9.15 Å². The summed E-state index contributed by atoms with van der Waals surface area (Å²) in [5.41, 5.74) is 0.957. The Kier molecular flexibility index (Phi) is 4.57. The minimum atomic E-state index is -0.109. The number of hydrogen-bond donors (Lipinski definition) is 1. The van der Waals surface area contributed by atoms with Crippen LogP contribution in [0.4, 0.5) is 0 Å². The number of nitrogens with zero attached hydrogens (tertiary/aromatic N) is 1. The van der Waals surface area contributed by atoms with Crippen LogP contribution in [0.1, 0.15) is 22.5 Å². The molecule has 116 valence electrons. The van der Waals surface area contributed by atoms with E-state index >= 15 is 0 Å². The highest BCUT2D eigenvalue weighted by atomic mass is 32.2. The van der Waals surface area contributed by atoms with Gasteiger partial charge in [-0.25, -0.2) is 0 Å². The quantitative estimate of drug-likeness (QED) is 0.914. The molecule has 21 heavy (non-hydrogen) atoms. The minimum Gasteiger partial charge on any atom is -0.459 e. The number of furan rings is 1. The van der Waals surface area contributed by atoms with Crippen molar-refractivity contribution in [2.24, 2.45) is 0 Å². The molecule has 2 fully saturated rings. The highest BCUT2D eigenvalue weighted by Gasteiger charge is 2.41. The Bertz CT molecular complexity index is 491. The summed E-state index contributed by atoms with van der Waals surface area (Å²) in [4.78, 5) is 14.7. The number of ether oxygens (including phenoxy) is 1. The summed E-state index contributed by atoms with van der Waals surface area (Å²) in [5, 5.41) is 3.08. The average molecular weight is 310 g/mol. The fraction of sp³-hybridized carbons (Fsp3) is 0.667. The first-order chi connectivity index (χ1) is 10.2. The fourth-order valence-corrected chi connectivity index (χ4v) is 4.54. The van der Waals surface area contributed by atoms with E-state index in [0.29, 0.717) is 12.3 Å². The van der Waals surface area contributed by atoms with Gasteiger partial charge < -0.3 is 14.5 Å². The molecule has 0 bridgehead atoms. The maximum Gasteiger partial charge on any atom is 0.287 e. The van der Waals surface area contributed by atoms with E-state index in [1.807, 2.05) is 24.8 Å². The number of nitrogens with one attached hydrogen (secondary N) is 1. The zero-order chi connectivity index (χ0) is 14.7. The Morgan fingerprint density at radius 2 is 2.29 bits per heavy atom. The van der Waals surface area contributed by atoms with Gasteiger partial charge in [0.25, 0.3) is 5.91 Å². The van der Waals surface area contributed by atoms with Crippen molar-refractivity contribution in [1.29, 1.82) is 0 Å². The van der Waals surface area contributed by atoms with Crippen molar-refractivity contribution in [3.05, 3.63) is 23.7 Å². The van der Waals surface area contributed by atoms with Gasteiger partial charge in [0.1, 0.15) is 0 Å². The van der Waals surface area contributed by atoms with Crippen molar-refractivity contribution in [2.75, 3.05) is 44.4 Å². The van der Waals surface area contributed by atoms with Gasteiger partial charge in [0, 0.05) is 36.5 Å². The lowest BCUT2D eigenvalue weighted by Gasteiger charge is -2.42. The van der Waals surface area contributed by atoms with Crippen molar-refractivity contribution in [3.63, 3.8) is 0 Å². The lowest BCUT2D eigenvalue weighted by molar-refractivity contribution is -0.0129. The third-order valence-electron chi connectivity index (χ3n) is 4.41. The van der Waals surface area contributed by atoms with Gasteiger partial charge in [0.05, 0.1) is 19.5 Å². The van der Waals surface area contributed by atoms with E-state index < -0.39 is 0 Å². The molecule has 0 radical (unpaired) electrons. The summed E-state index contributed by atoms with van der Waals surface area (Å²) in [6.45, 7) is 6.06. The molecule has 5 nitrogen and oxygen atoms in total. The molecule has 1 atom stereocenters. The van der Waals surface area contributed by atoms with Crippen LogP contribution in [0.2, 0.25) is 0 Å². The Labute approximate surface area is 129 Å². The molecule has 3 heterocycles. The summed E-state index contributed by atoms with van der Waals surface area (Å²) < 4.78 is 10.7. The van der Waals surface area contributed by atoms with Gasteiger partial charge in [-0.1, -0.05) is 0 Å². The Morgan fingerprint density at radius 3 is 2.90 bits per heavy atom. The second kappa shape index (κ2) is 6.42.